The number of hydrogen-bond acceptors (Lipinski definition) is 2. The van der Waals surface area contributed by atoms with Gasteiger partial charge in [-0.25, -0.2) is 4.79 Å². The summed E-state index contributed by atoms with van der Waals surface area (Å²) in [6.07, 6.45) is 5.41. The summed E-state index contributed by atoms with van der Waals surface area (Å²) in [5.41, 5.74) is 4.96. The first-order valence-corrected chi connectivity index (χ1v) is 7.35. The van der Waals surface area contributed by atoms with Gasteiger partial charge in [-0.1, -0.05) is 12.1 Å². The van der Waals surface area contributed by atoms with Gasteiger partial charge in [0.05, 0.1) is 0 Å². The number of benzene rings is 1. The van der Waals surface area contributed by atoms with Gasteiger partial charge in [0.2, 0.25) is 0 Å². The standard InChI is InChI=1S/C17H18N2O2/c1-19-9-10(6-16(20)21)5-13-12-3-2-4-14-17(12)11(8-18-14)7-15(13)19/h2-4,6,8,13,15,18H,5,7,9H2,1H3,(H,20,21)/b10-6-/t13?,15-/m1/s1. The average Bonchev–Trinajstić information content (AvgIpc) is 2.84. The van der Waals surface area contributed by atoms with Gasteiger partial charge in [0.25, 0.3) is 0 Å². The van der Waals surface area contributed by atoms with Crippen molar-refractivity contribution in [1.29, 1.82) is 0 Å². The van der Waals surface area contributed by atoms with E-state index in [0.717, 1.165) is 25.0 Å². The van der Waals surface area contributed by atoms with Crippen molar-refractivity contribution in [2.75, 3.05) is 13.6 Å². The lowest BCUT2D eigenvalue weighted by Gasteiger charge is -2.43. The van der Waals surface area contributed by atoms with Gasteiger partial charge in [-0.3, -0.25) is 4.90 Å². The van der Waals surface area contributed by atoms with E-state index in [9.17, 15) is 4.79 Å². The fourth-order valence-electron chi connectivity index (χ4n) is 4.10. The van der Waals surface area contributed by atoms with Crippen molar-refractivity contribution >= 4 is 16.9 Å². The highest BCUT2D eigenvalue weighted by Crippen LogP contribution is 2.43. The highest BCUT2D eigenvalue weighted by Gasteiger charge is 2.37. The maximum absolute atomic E-state index is 11.0. The summed E-state index contributed by atoms with van der Waals surface area (Å²) in [5.74, 6) is -0.449. The van der Waals surface area contributed by atoms with Gasteiger partial charge in [0, 0.05) is 41.7 Å². The molecule has 0 spiro atoms. The molecule has 1 aliphatic heterocycles. The van der Waals surface area contributed by atoms with E-state index in [1.165, 1.54) is 28.1 Å². The Balaban J connectivity index is 1.83. The van der Waals surface area contributed by atoms with Crippen LogP contribution in [0.25, 0.3) is 10.9 Å². The molecular formula is C17H18N2O2. The summed E-state index contributed by atoms with van der Waals surface area (Å²) in [5, 5.41) is 10.4. The predicted molar refractivity (Wildman–Crippen MR) is 81.5 cm³/mol. The van der Waals surface area contributed by atoms with Crippen molar-refractivity contribution in [3.63, 3.8) is 0 Å². The number of nitrogens with one attached hydrogen (secondary N) is 1. The molecular weight excluding hydrogens is 264 g/mol. The molecule has 1 unspecified atom stereocenters. The first-order chi connectivity index (χ1) is 10.1. The van der Waals surface area contributed by atoms with Gasteiger partial charge >= 0.3 is 5.97 Å². The molecule has 4 heteroatoms. The normalized spacial score (nSPS) is 27.0. The highest BCUT2D eigenvalue weighted by molar-refractivity contribution is 5.88. The molecule has 0 radical (unpaired) electrons. The molecule has 0 saturated carbocycles. The van der Waals surface area contributed by atoms with Gasteiger partial charge in [0.1, 0.15) is 0 Å². The molecule has 108 valence electrons. The Morgan fingerprint density at radius 1 is 1.43 bits per heavy atom. The summed E-state index contributed by atoms with van der Waals surface area (Å²) >= 11 is 0. The minimum Gasteiger partial charge on any atom is -0.478 e. The molecule has 21 heavy (non-hydrogen) atoms. The molecule has 1 fully saturated rings. The van der Waals surface area contributed by atoms with Crippen LogP contribution < -0.4 is 0 Å². The molecule has 1 saturated heterocycles. The summed E-state index contributed by atoms with van der Waals surface area (Å²) in [6.45, 7) is 0.753. The molecule has 1 aromatic carbocycles. The first kappa shape index (κ1) is 12.7. The third-order valence-corrected chi connectivity index (χ3v) is 4.94. The summed E-state index contributed by atoms with van der Waals surface area (Å²) in [7, 11) is 2.10. The van der Waals surface area contributed by atoms with Crippen LogP contribution in [0.15, 0.2) is 36.0 Å². The predicted octanol–water partition coefficient (Wildman–Crippen LogP) is 2.52. The number of aliphatic carboxylic acids is 1. The zero-order valence-electron chi connectivity index (χ0n) is 12.0. The number of piperidine rings is 1. The number of fused-ring (bicyclic) bond motifs is 2. The molecule has 2 N–H and O–H groups in total. The van der Waals surface area contributed by atoms with Crippen LogP contribution in [0.1, 0.15) is 23.5 Å². The number of aromatic amines is 1. The summed E-state index contributed by atoms with van der Waals surface area (Å²) in [6, 6.07) is 6.87. The summed E-state index contributed by atoms with van der Waals surface area (Å²) in [4.78, 5) is 16.6. The van der Waals surface area contributed by atoms with Crippen LogP contribution in [0.5, 0.6) is 0 Å². The Labute approximate surface area is 123 Å². The van der Waals surface area contributed by atoms with Crippen molar-refractivity contribution in [3.8, 4) is 0 Å². The number of nitrogens with zero attached hydrogens (tertiary/aromatic N) is 1. The lowest BCUT2D eigenvalue weighted by atomic mass is 9.74. The van der Waals surface area contributed by atoms with E-state index in [0.29, 0.717) is 12.0 Å². The maximum atomic E-state index is 11.0. The molecule has 0 amide bonds. The Bertz CT molecular complexity index is 759. The second-order valence-electron chi connectivity index (χ2n) is 6.22. The van der Waals surface area contributed by atoms with Crippen molar-refractivity contribution in [1.82, 2.24) is 9.88 Å². The maximum Gasteiger partial charge on any atom is 0.328 e. The van der Waals surface area contributed by atoms with Gasteiger partial charge in [-0.05, 0) is 42.7 Å². The number of likely N-dealkylation sites (N-methyl/N-ethyl adjacent to an activating group) is 1. The molecule has 2 heterocycles. The lowest BCUT2D eigenvalue weighted by molar-refractivity contribution is -0.131. The quantitative estimate of drug-likeness (QED) is 0.790. The fourth-order valence-corrected chi connectivity index (χ4v) is 4.10. The zero-order chi connectivity index (χ0) is 14.6. The Kier molecular flexibility index (Phi) is 2.69. The number of carboxylic acids is 1. The minimum atomic E-state index is -0.840. The molecule has 2 aliphatic rings. The molecule has 4 nitrogen and oxygen atoms in total. The minimum absolute atomic E-state index is 0.390. The fraction of sp³-hybridized carbons (Fsp3) is 0.353. The number of carboxylic acid groups (broad SMARTS) is 1. The SMILES string of the molecule is CN1C/C(=C\C(=O)O)CC2c3cccc4[nH]cc(c34)C[C@H]21. The van der Waals surface area contributed by atoms with Crippen LogP contribution in [0.2, 0.25) is 0 Å². The number of aromatic nitrogens is 1. The van der Waals surface area contributed by atoms with Crippen molar-refractivity contribution in [2.24, 2.45) is 0 Å². The first-order valence-electron chi connectivity index (χ1n) is 7.35. The van der Waals surface area contributed by atoms with E-state index in [2.05, 4.69) is 41.3 Å². The number of H-pyrrole nitrogens is 1. The number of carbonyl (C=O) groups is 1. The van der Waals surface area contributed by atoms with E-state index in [-0.39, 0.29) is 0 Å². The number of likely N-dealkylation sites (tertiary alicyclic amines) is 1. The van der Waals surface area contributed by atoms with Crippen molar-refractivity contribution < 1.29 is 9.90 Å². The van der Waals surface area contributed by atoms with Crippen molar-refractivity contribution in [2.45, 2.75) is 24.8 Å². The lowest BCUT2D eigenvalue weighted by Crippen LogP contribution is -2.45. The van der Waals surface area contributed by atoms with Crippen LogP contribution in [0.4, 0.5) is 0 Å². The second-order valence-corrected chi connectivity index (χ2v) is 6.22. The van der Waals surface area contributed by atoms with Crippen LogP contribution in [0.3, 0.4) is 0 Å². The zero-order valence-corrected chi connectivity index (χ0v) is 12.0. The topological polar surface area (TPSA) is 56.3 Å². The summed E-state index contributed by atoms with van der Waals surface area (Å²) < 4.78 is 0. The van der Waals surface area contributed by atoms with Gasteiger partial charge in [0.15, 0.2) is 0 Å². The Morgan fingerprint density at radius 3 is 3.10 bits per heavy atom. The highest BCUT2D eigenvalue weighted by atomic mass is 16.4. The molecule has 1 aliphatic carbocycles. The number of hydrogen-bond donors (Lipinski definition) is 2. The molecule has 2 aromatic rings. The molecule has 2 atom stereocenters. The van der Waals surface area contributed by atoms with Crippen LogP contribution >= 0.6 is 0 Å². The molecule has 4 rings (SSSR count). The number of rotatable bonds is 1. The van der Waals surface area contributed by atoms with Gasteiger partial charge in [-0.15, -0.1) is 0 Å². The van der Waals surface area contributed by atoms with E-state index < -0.39 is 5.97 Å². The van der Waals surface area contributed by atoms with Gasteiger partial charge in [-0.2, -0.15) is 0 Å². The van der Waals surface area contributed by atoms with E-state index >= 15 is 0 Å². The van der Waals surface area contributed by atoms with E-state index in [1.807, 2.05) is 0 Å². The molecule has 0 bridgehead atoms. The monoisotopic (exact) mass is 282 g/mol. The van der Waals surface area contributed by atoms with Gasteiger partial charge < -0.3 is 10.1 Å². The van der Waals surface area contributed by atoms with Crippen molar-refractivity contribution in [3.05, 3.63) is 47.2 Å². The van der Waals surface area contributed by atoms with E-state index in [4.69, 9.17) is 5.11 Å². The Morgan fingerprint density at radius 2 is 2.29 bits per heavy atom. The van der Waals surface area contributed by atoms with Crippen LogP contribution in [-0.4, -0.2) is 40.6 Å². The largest absolute Gasteiger partial charge is 0.478 e. The average molecular weight is 282 g/mol. The molecule has 1 aromatic heterocycles. The van der Waals surface area contributed by atoms with Crippen LogP contribution in [0, 0.1) is 0 Å². The third kappa shape index (κ3) is 1.90. The third-order valence-electron chi connectivity index (χ3n) is 4.94. The smallest absolute Gasteiger partial charge is 0.328 e. The van der Waals surface area contributed by atoms with E-state index in [1.54, 1.807) is 0 Å². The second kappa shape index (κ2) is 4.46. The Hall–Kier alpha value is -2.07. The van der Waals surface area contributed by atoms with Crippen LogP contribution in [-0.2, 0) is 11.2 Å².